The Balaban J connectivity index is 1.15. The molecular weight excluding hydrogens is 669 g/mol. The standard InChI is InChI=1S/C52H34N2O/c1-31-38-28-29-47-50(43-17-7-9-21-46(43)55-47)52(38)54(36-24-22-34(23-25-36)33-12-4-3-5-13-33)51(31)48-32(2)53(45-20-8-6-16-42(45)48)37-26-27-39-40-18-10-14-35-15-11-19-41(49(35)40)44(39)30-37/h3-30H,1-2H3. The van der Waals surface area contributed by atoms with Gasteiger partial charge in [0.05, 0.1) is 22.1 Å². The monoisotopic (exact) mass is 702 g/mol. The summed E-state index contributed by atoms with van der Waals surface area (Å²) in [4.78, 5) is 0. The SMILES string of the molecule is Cc1c(-c2c(C)n(-c3ccc4c(c3)-c3cccc5cccc-4c35)c3ccccc23)n(-c2ccc(-c3ccccc3)cc2)c2c1ccc1oc3ccccc3c12. The molecule has 12 rings (SSSR count). The number of benzene rings is 8. The van der Waals surface area contributed by atoms with Crippen molar-refractivity contribution in [1.82, 2.24) is 9.13 Å². The zero-order valence-corrected chi connectivity index (χ0v) is 30.5. The number of fused-ring (bicyclic) bond motifs is 9. The third-order valence-corrected chi connectivity index (χ3v) is 12.0. The van der Waals surface area contributed by atoms with Gasteiger partial charge in [-0.15, -0.1) is 0 Å². The van der Waals surface area contributed by atoms with Crippen molar-refractivity contribution in [2.24, 2.45) is 0 Å². The van der Waals surface area contributed by atoms with Gasteiger partial charge in [0.25, 0.3) is 0 Å². The Morgan fingerprint density at radius 3 is 1.95 bits per heavy atom. The highest BCUT2D eigenvalue weighted by molar-refractivity contribution is 6.21. The lowest BCUT2D eigenvalue weighted by Crippen LogP contribution is -2.01. The van der Waals surface area contributed by atoms with Gasteiger partial charge in [-0.25, -0.2) is 0 Å². The fraction of sp³-hybridized carbons (Fsp3) is 0.0385. The van der Waals surface area contributed by atoms with Gasteiger partial charge in [0.1, 0.15) is 11.2 Å². The molecular formula is C52H34N2O. The molecule has 0 radical (unpaired) electrons. The summed E-state index contributed by atoms with van der Waals surface area (Å²) in [6, 6.07) is 61.8. The number of rotatable bonds is 4. The third-order valence-electron chi connectivity index (χ3n) is 12.0. The molecule has 3 heterocycles. The Labute approximate surface area is 317 Å². The zero-order valence-electron chi connectivity index (χ0n) is 30.5. The highest BCUT2D eigenvalue weighted by Crippen LogP contribution is 2.50. The van der Waals surface area contributed by atoms with Crippen LogP contribution in [-0.4, -0.2) is 9.13 Å². The topological polar surface area (TPSA) is 23.0 Å². The maximum atomic E-state index is 6.50. The minimum absolute atomic E-state index is 0.896. The second-order valence-corrected chi connectivity index (χ2v) is 14.9. The van der Waals surface area contributed by atoms with Crippen molar-refractivity contribution in [2.75, 3.05) is 0 Å². The smallest absolute Gasteiger partial charge is 0.137 e. The van der Waals surface area contributed by atoms with Crippen LogP contribution in [0.25, 0.3) is 111 Å². The van der Waals surface area contributed by atoms with Crippen LogP contribution in [0.4, 0.5) is 0 Å². The number of hydrogen-bond donors (Lipinski definition) is 0. The van der Waals surface area contributed by atoms with Crippen molar-refractivity contribution in [3.63, 3.8) is 0 Å². The lowest BCUT2D eigenvalue weighted by Gasteiger charge is -2.15. The van der Waals surface area contributed by atoms with Crippen molar-refractivity contribution in [3.8, 4) is 56.0 Å². The minimum Gasteiger partial charge on any atom is -0.456 e. The normalized spacial score (nSPS) is 12.2. The Morgan fingerprint density at radius 2 is 1.13 bits per heavy atom. The van der Waals surface area contributed by atoms with Crippen LogP contribution in [0.15, 0.2) is 174 Å². The van der Waals surface area contributed by atoms with E-state index in [1.807, 2.05) is 0 Å². The van der Waals surface area contributed by atoms with Crippen LogP contribution in [0, 0.1) is 13.8 Å². The van der Waals surface area contributed by atoms with Crippen LogP contribution in [0.3, 0.4) is 0 Å². The van der Waals surface area contributed by atoms with E-state index in [1.165, 1.54) is 94.2 Å². The van der Waals surface area contributed by atoms with E-state index in [2.05, 4.69) is 193 Å². The summed E-state index contributed by atoms with van der Waals surface area (Å²) >= 11 is 0. The van der Waals surface area contributed by atoms with E-state index >= 15 is 0 Å². The highest BCUT2D eigenvalue weighted by Gasteiger charge is 2.28. The van der Waals surface area contributed by atoms with Gasteiger partial charge in [0.15, 0.2) is 0 Å². The quantitative estimate of drug-likeness (QED) is 0.179. The minimum atomic E-state index is 0.896. The zero-order chi connectivity index (χ0) is 36.4. The van der Waals surface area contributed by atoms with Crippen LogP contribution in [0.5, 0.6) is 0 Å². The first kappa shape index (κ1) is 30.4. The molecule has 0 aliphatic heterocycles. The average Bonchev–Trinajstić information content (AvgIpc) is 3.95. The summed E-state index contributed by atoms with van der Waals surface area (Å²) in [7, 11) is 0. The van der Waals surface area contributed by atoms with Crippen LogP contribution >= 0.6 is 0 Å². The van der Waals surface area contributed by atoms with Gasteiger partial charge >= 0.3 is 0 Å². The summed E-state index contributed by atoms with van der Waals surface area (Å²) in [6.45, 7) is 4.58. The predicted molar refractivity (Wildman–Crippen MR) is 230 cm³/mol. The molecule has 0 saturated carbocycles. The molecule has 1 aliphatic rings. The van der Waals surface area contributed by atoms with E-state index in [9.17, 15) is 0 Å². The van der Waals surface area contributed by atoms with Gasteiger partial charge in [-0.2, -0.15) is 0 Å². The Hall–Kier alpha value is -7.10. The van der Waals surface area contributed by atoms with Crippen molar-refractivity contribution < 1.29 is 4.42 Å². The van der Waals surface area contributed by atoms with E-state index in [1.54, 1.807) is 0 Å². The van der Waals surface area contributed by atoms with Gasteiger partial charge in [0, 0.05) is 38.8 Å². The Bertz CT molecular complexity index is 3370. The maximum absolute atomic E-state index is 6.50. The van der Waals surface area contributed by atoms with Gasteiger partial charge in [-0.3, -0.25) is 0 Å². The highest BCUT2D eigenvalue weighted by atomic mass is 16.3. The van der Waals surface area contributed by atoms with Crippen molar-refractivity contribution in [1.29, 1.82) is 0 Å². The van der Waals surface area contributed by atoms with Crippen LogP contribution in [0.2, 0.25) is 0 Å². The number of furan rings is 1. The summed E-state index contributed by atoms with van der Waals surface area (Å²) < 4.78 is 11.5. The molecule has 0 N–H and O–H groups in total. The number of nitrogens with zero attached hydrogens (tertiary/aromatic N) is 2. The summed E-state index contributed by atoms with van der Waals surface area (Å²) in [5.74, 6) is 0. The van der Waals surface area contributed by atoms with E-state index in [-0.39, 0.29) is 0 Å². The maximum Gasteiger partial charge on any atom is 0.137 e. The molecule has 0 fully saturated rings. The molecule has 0 saturated heterocycles. The number of para-hydroxylation sites is 2. The first-order valence-electron chi connectivity index (χ1n) is 19.0. The van der Waals surface area contributed by atoms with Gasteiger partial charge in [0.2, 0.25) is 0 Å². The van der Waals surface area contributed by atoms with Crippen molar-refractivity contribution in [3.05, 3.63) is 181 Å². The fourth-order valence-electron chi connectivity index (χ4n) is 9.65. The summed E-state index contributed by atoms with van der Waals surface area (Å²) in [5, 5.41) is 7.36. The predicted octanol–water partition coefficient (Wildman–Crippen LogP) is 14.2. The molecule has 0 bridgehead atoms. The molecule has 0 spiro atoms. The molecule has 0 amide bonds. The lowest BCUT2D eigenvalue weighted by atomic mass is 10.0. The first-order valence-corrected chi connectivity index (χ1v) is 19.0. The molecule has 8 aromatic carbocycles. The molecule has 3 nitrogen and oxygen atoms in total. The van der Waals surface area contributed by atoms with E-state index in [0.717, 1.165) is 27.6 Å². The van der Waals surface area contributed by atoms with Gasteiger partial charge in [-0.1, -0.05) is 121 Å². The summed E-state index contributed by atoms with van der Waals surface area (Å²) in [5.41, 5.74) is 19.0. The van der Waals surface area contributed by atoms with E-state index < -0.39 is 0 Å². The molecule has 55 heavy (non-hydrogen) atoms. The van der Waals surface area contributed by atoms with Crippen LogP contribution < -0.4 is 0 Å². The average molecular weight is 703 g/mol. The van der Waals surface area contributed by atoms with Crippen molar-refractivity contribution >= 4 is 54.5 Å². The second-order valence-electron chi connectivity index (χ2n) is 14.9. The van der Waals surface area contributed by atoms with E-state index in [4.69, 9.17) is 4.42 Å². The molecule has 0 atom stereocenters. The molecule has 3 aromatic heterocycles. The molecule has 11 aromatic rings. The van der Waals surface area contributed by atoms with Gasteiger partial charge in [-0.05, 0) is 112 Å². The number of aromatic nitrogens is 2. The summed E-state index contributed by atoms with van der Waals surface area (Å²) in [6.07, 6.45) is 0. The lowest BCUT2D eigenvalue weighted by molar-refractivity contribution is 0.669. The number of hydrogen-bond acceptors (Lipinski definition) is 1. The third kappa shape index (κ3) is 4.15. The van der Waals surface area contributed by atoms with Crippen LogP contribution in [0.1, 0.15) is 11.3 Å². The van der Waals surface area contributed by atoms with Crippen molar-refractivity contribution in [2.45, 2.75) is 13.8 Å². The Morgan fingerprint density at radius 1 is 0.436 bits per heavy atom. The molecule has 258 valence electrons. The number of aryl methyl sites for hydroxylation is 1. The Kier molecular flexibility index (Phi) is 6.19. The molecule has 1 aliphatic carbocycles. The fourth-order valence-corrected chi connectivity index (χ4v) is 9.65. The second kappa shape index (κ2) is 11.2. The largest absolute Gasteiger partial charge is 0.456 e. The van der Waals surface area contributed by atoms with Gasteiger partial charge < -0.3 is 13.6 Å². The first-order chi connectivity index (χ1) is 27.1. The molecule has 3 heteroatoms. The van der Waals surface area contributed by atoms with E-state index in [0.29, 0.717) is 0 Å². The molecule has 0 unspecified atom stereocenters. The van der Waals surface area contributed by atoms with Crippen LogP contribution in [-0.2, 0) is 0 Å².